The third-order valence-corrected chi connectivity index (χ3v) is 4.23. The summed E-state index contributed by atoms with van der Waals surface area (Å²) >= 11 is 0. The number of hydrogen-bond acceptors (Lipinski definition) is 6. The fourth-order valence-corrected chi connectivity index (χ4v) is 2.32. The monoisotopic (exact) mass is 384 g/mol. The molecule has 2 aromatic carbocycles. The van der Waals surface area contributed by atoms with Crippen LogP contribution in [0.15, 0.2) is 60.7 Å². The Balaban J connectivity index is 0.000000207. The van der Waals surface area contributed by atoms with Crippen LogP contribution in [-0.4, -0.2) is 34.9 Å². The molecule has 2 heterocycles. The van der Waals surface area contributed by atoms with Crippen molar-refractivity contribution in [1.29, 1.82) is 0 Å². The van der Waals surface area contributed by atoms with Crippen LogP contribution in [0.2, 0.25) is 0 Å². The van der Waals surface area contributed by atoms with E-state index in [2.05, 4.69) is 25.5 Å². The highest BCUT2D eigenvalue weighted by molar-refractivity contribution is 6.04. The first-order valence-electron chi connectivity index (χ1n) is 8.83. The lowest BCUT2D eigenvalue weighted by atomic mass is 9.78. The van der Waals surface area contributed by atoms with Crippen LogP contribution in [0.5, 0.6) is 11.5 Å². The van der Waals surface area contributed by atoms with Gasteiger partial charge in [-0.05, 0) is 42.3 Å². The van der Waals surface area contributed by atoms with E-state index in [0.717, 1.165) is 29.9 Å². The summed E-state index contributed by atoms with van der Waals surface area (Å²) in [4.78, 5) is 19.8. The summed E-state index contributed by atoms with van der Waals surface area (Å²) < 4.78 is 8.68. The Bertz CT molecular complexity index is 767. The van der Waals surface area contributed by atoms with Gasteiger partial charge in [-0.3, -0.25) is 0 Å². The fraction of sp³-hybridized carbons (Fsp3) is 0.273. The van der Waals surface area contributed by atoms with Crippen molar-refractivity contribution in [3.63, 3.8) is 0 Å². The minimum atomic E-state index is -0.579. The van der Waals surface area contributed by atoms with Gasteiger partial charge in [0.2, 0.25) is 0 Å². The number of cyclic esters (lactones) is 2. The van der Waals surface area contributed by atoms with E-state index >= 15 is 0 Å². The maximum atomic E-state index is 9.92. The van der Waals surface area contributed by atoms with Crippen LogP contribution in [0.4, 0.5) is 0 Å². The van der Waals surface area contributed by atoms with Crippen molar-refractivity contribution in [3.8, 4) is 11.5 Å². The Labute approximate surface area is 164 Å². The maximum absolute atomic E-state index is 9.92. The topological polar surface area (TPSA) is 96.4 Å². The van der Waals surface area contributed by atoms with E-state index in [4.69, 9.17) is 4.74 Å². The second kappa shape index (κ2) is 9.19. The summed E-state index contributed by atoms with van der Waals surface area (Å²) in [5.74, 6) is -0.611. The van der Waals surface area contributed by atoms with Gasteiger partial charge in [0.25, 0.3) is 0 Å². The molecule has 0 bridgehead atoms. The average Bonchev–Trinajstić information content (AvgIpc) is 3.34. The molecule has 1 unspecified atom stereocenters. The van der Waals surface area contributed by atoms with Crippen molar-refractivity contribution in [1.82, 2.24) is 0 Å². The third kappa shape index (κ3) is 6.55. The van der Waals surface area contributed by atoms with Crippen LogP contribution in [0.1, 0.15) is 31.9 Å². The number of phenolic OH excluding ortho intramolecular Hbond substituents is 2. The van der Waals surface area contributed by atoms with Gasteiger partial charge in [-0.1, -0.05) is 38.1 Å². The normalized spacial score (nSPS) is 17.0. The number of ether oxygens (including phenoxy) is 2. The van der Waals surface area contributed by atoms with Crippen LogP contribution in [0.3, 0.4) is 0 Å². The van der Waals surface area contributed by atoms with Crippen LogP contribution in [0.25, 0.3) is 0 Å². The molecule has 0 amide bonds. The number of esters is 2. The smallest absolute Gasteiger partial charge is 0.338 e. The molecule has 2 aliphatic heterocycles. The minimum absolute atomic E-state index is 0.151. The SMILES string of the molecule is CC(C)(c1ccc(O)cc1)c1ccc(O)cc1.CC1CO1.O=C1C=CC(=O)O1. The molecule has 6 heteroatoms. The molecule has 0 aliphatic carbocycles. The summed E-state index contributed by atoms with van der Waals surface area (Å²) in [6, 6.07) is 14.4. The lowest BCUT2D eigenvalue weighted by molar-refractivity contribution is -0.150. The first-order valence-corrected chi connectivity index (χ1v) is 8.83. The Kier molecular flexibility index (Phi) is 6.95. The molecular formula is C22H24O6. The summed E-state index contributed by atoms with van der Waals surface area (Å²) in [5.41, 5.74) is 2.10. The predicted molar refractivity (Wildman–Crippen MR) is 104 cm³/mol. The second-order valence-electron chi connectivity index (χ2n) is 6.94. The molecule has 1 atom stereocenters. The van der Waals surface area contributed by atoms with Crippen LogP contribution >= 0.6 is 0 Å². The number of aromatic hydroxyl groups is 2. The number of carbonyl (C=O) groups is 2. The van der Waals surface area contributed by atoms with Gasteiger partial charge in [0.05, 0.1) is 12.7 Å². The van der Waals surface area contributed by atoms with E-state index in [-0.39, 0.29) is 16.9 Å². The number of rotatable bonds is 2. The van der Waals surface area contributed by atoms with Gasteiger partial charge >= 0.3 is 11.9 Å². The summed E-state index contributed by atoms with van der Waals surface area (Å²) in [6.07, 6.45) is 2.75. The zero-order valence-electron chi connectivity index (χ0n) is 16.1. The molecule has 28 heavy (non-hydrogen) atoms. The third-order valence-electron chi connectivity index (χ3n) is 4.23. The average molecular weight is 384 g/mol. The van der Waals surface area contributed by atoms with Gasteiger partial charge in [-0.15, -0.1) is 0 Å². The Morgan fingerprint density at radius 2 is 1.14 bits per heavy atom. The highest BCUT2D eigenvalue weighted by Crippen LogP contribution is 2.32. The van der Waals surface area contributed by atoms with Gasteiger partial charge in [-0.2, -0.15) is 0 Å². The molecule has 4 rings (SSSR count). The van der Waals surface area contributed by atoms with E-state index in [1.807, 2.05) is 24.3 Å². The Hall–Kier alpha value is -3.12. The van der Waals surface area contributed by atoms with Crippen molar-refractivity contribution in [2.45, 2.75) is 32.3 Å². The number of phenols is 2. The predicted octanol–water partition coefficient (Wildman–Crippen LogP) is 3.45. The first kappa shape index (κ1) is 21.2. The van der Waals surface area contributed by atoms with Gasteiger partial charge in [0.1, 0.15) is 11.5 Å². The minimum Gasteiger partial charge on any atom is -0.508 e. The van der Waals surface area contributed by atoms with Crippen molar-refractivity contribution in [2.75, 3.05) is 6.61 Å². The molecule has 0 radical (unpaired) electrons. The molecule has 0 saturated carbocycles. The zero-order valence-corrected chi connectivity index (χ0v) is 16.1. The quantitative estimate of drug-likeness (QED) is 0.468. The van der Waals surface area contributed by atoms with E-state index in [0.29, 0.717) is 6.10 Å². The Morgan fingerprint density at radius 1 is 0.821 bits per heavy atom. The van der Waals surface area contributed by atoms with Crippen molar-refractivity contribution in [2.24, 2.45) is 0 Å². The van der Waals surface area contributed by atoms with E-state index in [1.54, 1.807) is 24.3 Å². The lowest BCUT2D eigenvalue weighted by Gasteiger charge is -2.26. The zero-order chi connectivity index (χ0) is 20.7. The summed E-state index contributed by atoms with van der Waals surface area (Å²) in [6.45, 7) is 7.28. The molecule has 2 aliphatic rings. The molecule has 6 nitrogen and oxygen atoms in total. The summed E-state index contributed by atoms with van der Waals surface area (Å²) in [5, 5.41) is 18.6. The highest BCUT2D eigenvalue weighted by Gasteiger charge is 2.22. The first-order chi connectivity index (χ1) is 13.2. The highest BCUT2D eigenvalue weighted by atomic mass is 16.6. The number of carbonyl (C=O) groups excluding carboxylic acids is 2. The van der Waals surface area contributed by atoms with Gasteiger partial charge in [0, 0.05) is 17.6 Å². The summed E-state index contributed by atoms with van der Waals surface area (Å²) in [7, 11) is 0. The van der Waals surface area contributed by atoms with Gasteiger partial charge in [0.15, 0.2) is 0 Å². The molecule has 1 saturated heterocycles. The van der Waals surface area contributed by atoms with Crippen molar-refractivity contribution >= 4 is 11.9 Å². The molecule has 2 N–H and O–H groups in total. The van der Waals surface area contributed by atoms with Crippen molar-refractivity contribution < 1.29 is 29.3 Å². The van der Waals surface area contributed by atoms with E-state index in [9.17, 15) is 19.8 Å². The number of hydrogen-bond donors (Lipinski definition) is 2. The maximum Gasteiger partial charge on any atom is 0.338 e. The van der Waals surface area contributed by atoms with Crippen LogP contribution in [0, 0.1) is 0 Å². The van der Waals surface area contributed by atoms with E-state index < -0.39 is 11.9 Å². The van der Waals surface area contributed by atoms with Crippen LogP contribution in [-0.2, 0) is 24.5 Å². The molecule has 1 fully saturated rings. The van der Waals surface area contributed by atoms with Crippen LogP contribution < -0.4 is 0 Å². The number of epoxide rings is 1. The lowest BCUT2D eigenvalue weighted by Crippen LogP contribution is -2.18. The fourth-order valence-electron chi connectivity index (χ4n) is 2.32. The van der Waals surface area contributed by atoms with Gasteiger partial charge < -0.3 is 19.7 Å². The van der Waals surface area contributed by atoms with Gasteiger partial charge in [-0.25, -0.2) is 9.59 Å². The molecule has 0 aromatic heterocycles. The van der Waals surface area contributed by atoms with E-state index in [1.165, 1.54) is 0 Å². The molecular weight excluding hydrogens is 360 g/mol. The second-order valence-corrected chi connectivity index (χ2v) is 6.94. The number of benzene rings is 2. The largest absolute Gasteiger partial charge is 0.508 e. The standard InChI is InChI=1S/C15H16O2.C4H2O3.C3H6O/c1-15(2,11-3-7-13(16)8-4-11)12-5-9-14(17)10-6-12;5-3-1-2-4(6)7-3;1-3-2-4-3/h3-10,16-17H,1-2H3;1-2H;3H,2H2,1H3. The Morgan fingerprint density at radius 3 is 1.36 bits per heavy atom. The molecule has 148 valence electrons. The van der Waals surface area contributed by atoms with Crippen molar-refractivity contribution in [3.05, 3.63) is 71.8 Å². The molecule has 0 spiro atoms. The molecule has 2 aromatic rings.